The molecule has 0 spiro atoms. The minimum atomic E-state index is -0.464. The Morgan fingerprint density at radius 3 is 2.63 bits per heavy atom. The molecule has 19 heavy (non-hydrogen) atoms. The van der Waals surface area contributed by atoms with Gasteiger partial charge in [-0.1, -0.05) is 11.6 Å². The van der Waals surface area contributed by atoms with E-state index in [-0.39, 0.29) is 10.6 Å². The lowest BCUT2D eigenvalue weighted by molar-refractivity contribution is 0.298. The summed E-state index contributed by atoms with van der Waals surface area (Å²) in [6.07, 6.45) is 1.94. The quantitative estimate of drug-likeness (QED) is 0.587. The van der Waals surface area contributed by atoms with Gasteiger partial charge in [0.1, 0.15) is 11.6 Å². The summed E-state index contributed by atoms with van der Waals surface area (Å²) in [5, 5.41) is 3.50. The second kappa shape index (κ2) is 7.46. The first kappa shape index (κ1) is 16.7. The van der Waals surface area contributed by atoms with Gasteiger partial charge in [-0.15, -0.1) is 0 Å². The standard InChI is InChI=1S/C14H20BrClFNO/c1-14(2,3)18-6-4-5-7-19-13-9-12(17)11(16)8-10(13)15/h8-9,18H,4-7H2,1-3H3. The molecule has 0 saturated heterocycles. The van der Waals surface area contributed by atoms with Crippen molar-refractivity contribution >= 4 is 27.5 Å². The molecule has 0 aliphatic rings. The summed E-state index contributed by atoms with van der Waals surface area (Å²) in [5.41, 5.74) is 0.142. The normalized spacial score (nSPS) is 11.7. The minimum absolute atomic E-state index is 0.0913. The van der Waals surface area contributed by atoms with E-state index in [2.05, 4.69) is 42.0 Å². The monoisotopic (exact) mass is 351 g/mol. The Morgan fingerprint density at radius 2 is 2.00 bits per heavy atom. The number of halogens is 3. The average molecular weight is 353 g/mol. The first-order valence-electron chi connectivity index (χ1n) is 6.32. The molecule has 0 saturated carbocycles. The lowest BCUT2D eigenvalue weighted by Crippen LogP contribution is -2.36. The fraction of sp³-hybridized carbons (Fsp3) is 0.571. The van der Waals surface area contributed by atoms with Crippen LogP contribution in [0.15, 0.2) is 16.6 Å². The molecule has 0 aliphatic heterocycles. The first-order valence-corrected chi connectivity index (χ1v) is 7.49. The van der Waals surface area contributed by atoms with Crippen molar-refractivity contribution in [2.45, 2.75) is 39.2 Å². The van der Waals surface area contributed by atoms with Gasteiger partial charge >= 0.3 is 0 Å². The van der Waals surface area contributed by atoms with E-state index in [1.807, 2.05) is 0 Å². The van der Waals surface area contributed by atoms with Crippen molar-refractivity contribution in [2.75, 3.05) is 13.2 Å². The molecule has 0 unspecified atom stereocenters. The second-order valence-corrected chi connectivity index (χ2v) is 6.69. The summed E-state index contributed by atoms with van der Waals surface area (Å²) in [6, 6.07) is 2.81. The van der Waals surface area contributed by atoms with Crippen LogP contribution in [0.2, 0.25) is 5.02 Å². The molecule has 1 N–H and O–H groups in total. The molecule has 1 aromatic carbocycles. The number of ether oxygens (including phenoxy) is 1. The molecule has 0 radical (unpaired) electrons. The van der Waals surface area contributed by atoms with Crippen molar-refractivity contribution in [1.29, 1.82) is 0 Å². The Balaban J connectivity index is 2.28. The molecular formula is C14H20BrClFNO. The molecule has 0 fully saturated rings. The summed E-state index contributed by atoms with van der Waals surface area (Å²) < 4.78 is 19.5. The largest absolute Gasteiger partial charge is 0.492 e. The van der Waals surface area contributed by atoms with Crippen molar-refractivity contribution in [3.05, 3.63) is 27.4 Å². The maximum absolute atomic E-state index is 13.3. The molecule has 2 nitrogen and oxygen atoms in total. The van der Waals surface area contributed by atoms with Crippen molar-refractivity contribution in [3.63, 3.8) is 0 Å². The van der Waals surface area contributed by atoms with Crippen molar-refractivity contribution in [3.8, 4) is 5.75 Å². The smallest absolute Gasteiger partial charge is 0.145 e. The second-order valence-electron chi connectivity index (χ2n) is 5.43. The van der Waals surface area contributed by atoms with Gasteiger partial charge in [-0.3, -0.25) is 0 Å². The van der Waals surface area contributed by atoms with Crippen LogP contribution in [0.3, 0.4) is 0 Å². The van der Waals surface area contributed by atoms with Gasteiger partial charge in [0.05, 0.1) is 16.1 Å². The third-order valence-corrected chi connectivity index (χ3v) is 3.37. The van der Waals surface area contributed by atoms with E-state index in [9.17, 15) is 4.39 Å². The Labute approximate surface area is 127 Å². The summed E-state index contributed by atoms with van der Waals surface area (Å²) in [6.45, 7) is 7.92. The topological polar surface area (TPSA) is 21.3 Å². The van der Waals surface area contributed by atoms with Gasteiger partial charge in [-0.25, -0.2) is 4.39 Å². The molecule has 0 atom stereocenters. The van der Waals surface area contributed by atoms with E-state index in [1.54, 1.807) is 0 Å². The Morgan fingerprint density at radius 1 is 1.32 bits per heavy atom. The van der Waals surface area contributed by atoms with E-state index in [0.29, 0.717) is 16.8 Å². The number of benzene rings is 1. The number of hydrogen-bond acceptors (Lipinski definition) is 2. The average Bonchev–Trinajstić information content (AvgIpc) is 2.28. The maximum Gasteiger partial charge on any atom is 0.145 e. The molecule has 5 heteroatoms. The number of nitrogens with one attached hydrogen (secondary N) is 1. The number of hydrogen-bond donors (Lipinski definition) is 1. The van der Waals surface area contributed by atoms with Crippen LogP contribution < -0.4 is 10.1 Å². The van der Waals surface area contributed by atoms with Gasteiger partial charge in [0.15, 0.2) is 0 Å². The molecule has 108 valence electrons. The van der Waals surface area contributed by atoms with Gasteiger partial charge < -0.3 is 10.1 Å². The molecule has 0 aromatic heterocycles. The molecule has 1 rings (SSSR count). The zero-order valence-electron chi connectivity index (χ0n) is 11.5. The van der Waals surface area contributed by atoms with E-state index < -0.39 is 5.82 Å². The minimum Gasteiger partial charge on any atom is -0.492 e. The molecule has 0 heterocycles. The van der Waals surface area contributed by atoms with Crippen LogP contribution in [0.1, 0.15) is 33.6 Å². The highest BCUT2D eigenvalue weighted by Gasteiger charge is 2.09. The van der Waals surface area contributed by atoms with Crippen LogP contribution in [0.5, 0.6) is 5.75 Å². The first-order chi connectivity index (χ1) is 8.79. The summed E-state index contributed by atoms with van der Waals surface area (Å²) in [4.78, 5) is 0. The molecule has 0 aliphatic carbocycles. The Bertz CT molecular complexity index is 421. The molecular weight excluding hydrogens is 333 g/mol. The molecule has 0 bridgehead atoms. The lowest BCUT2D eigenvalue weighted by Gasteiger charge is -2.20. The van der Waals surface area contributed by atoms with Gasteiger partial charge in [0, 0.05) is 11.6 Å². The van der Waals surface area contributed by atoms with Gasteiger partial charge in [-0.05, 0) is 62.2 Å². The zero-order chi connectivity index (χ0) is 14.5. The summed E-state index contributed by atoms with van der Waals surface area (Å²) in [5.74, 6) is 0.0277. The number of unbranched alkanes of at least 4 members (excludes halogenated alkanes) is 1. The van der Waals surface area contributed by atoms with Crippen LogP contribution in [0.4, 0.5) is 4.39 Å². The van der Waals surface area contributed by atoms with Crippen LogP contribution in [-0.2, 0) is 0 Å². The van der Waals surface area contributed by atoms with E-state index in [4.69, 9.17) is 16.3 Å². The highest BCUT2D eigenvalue weighted by atomic mass is 79.9. The van der Waals surface area contributed by atoms with Crippen molar-refractivity contribution < 1.29 is 9.13 Å². The lowest BCUT2D eigenvalue weighted by atomic mass is 10.1. The van der Waals surface area contributed by atoms with Crippen molar-refractivity contribution in [1.82, 2.24) is 5.32 Å². The van der Waals surface area contributed by atoms with Crippen molar-refractivity contribution in [2.24, 2.45) is 0 Å². The van der Waals surface area contributed by atoms with Crippen LogP contribution in [0, 0.1) is 5.82 Å². The third kappa shape index (κ3) is 6.59. The van der Waals surface area contributed by atoms with E-state index >= 15 is 0 Å². The highest BCUT2D eigenvalue weighted by molar-refractivity contribution is 9.10. The SMILES string of the molecule is CC(C)(C)NCCCCOc1cc(F)c(Cl)cc1Br. The fourth-order valence-corrected chi connectivity index (χ4v) is 2.24. The third-order valence-electron chi connectivity index (χ3n) is 2.46. The van der Waals surface area contributed by atoms with Crippen LogP contribution >= 0.6 is 27.5 Å². The Kier molecular flexibility index (Phi) is 6.57. The predicted octanol–water partition coefficient (Wildman–Crippen LogP) is 4.79. The van der Waals surface area contributed by atoms with Crippen LogP contribution in [0.25, 0.3) is 0 Å². The maximum atomic E-state index is 13.3. The molecule has 0 amide bonds. The summed E-state index contributed by atoms with van der Waals surface area (Å²) >= 11 is 8.96. The predicted molar refractivity (Wildman–Crippen MR) is 81.6 cm³/mol. The van der Waals surface area contributed by atoms with E-state index in [0.717, 1.165) is 19.4 Å². The van der Waals surface area contributed by atoms with Gasteiger partial charge in [0.2, 0.25) is 0 Å². The van der Waals surface area contributed by atoms with Crippen LogP contribution in [-0.4, -0.2) is 18.7 Å². The van der Waals surface area contributed by atoms with Gasteiger partial charge in [0.25, 0.3) is 0 Å². The fourth-order valence-electron chi connectivity index (χ4n) is 1.49. The van der Waals surface area contributed by atoms with Gasteiger partial charge in [-0.2, -0.15) is 0 Å². The highest BCUT2D eigenvalue weighted by Crippen LogP contribution is 2.30. The number of rotatable bonds is 6. The zero-order valence-corrected chi connectivity index (χ0v) is 13.9. The molecule has 1 aromatic rings. The summed E-state index contributed by atoms with van der Waals surface area (Å²) in [7, 11) is 0. The van der Waals surface area contributed by atoms with E-state index in [1.165, 1.54) is 12.1 Å². The Hall–Kier alpha value is -0.320.